The van der Waals surface area contributed by atoms with E-state index in [1.165, 1.54) is 0 Å². The molecule has 1 aliphatic heterocycles. The maximum absolute atomic E-state index is 13.2. The zero-order valence-corrected chi connectivity index (χ0v) is 15.5. The highest BCUT2D eigenvalue weighted by Gasteiger charge is 2.34. The first-order valence-electron chi connectivity index (χ1n) is 9.06. The smallest absolute Gasteiger partial charge is 0.312 e. The number of esters is 1. The van der Waals surface area contributed by atoms with E-state index in [0.29, 0.717) is 11.3 Å². The Balaban J connectivity index is 1.83. The highest BCUT2D eigenvalue weighted by Crippen LogP contribution is 2.42. The van der Waals surface area contributed by atoms with Crippen LogP contribution in [-0.4, -0.2) is 22.6 Å². The van der Waals surface area contributed by atoms with Crippen LogP contribution in [0.25, 0.3) is 21.8 Å². The van der Waals surface area contributed by atoms with Gasteiger partial charge in [-0.25, -0.2) is 0 Å². The van der Waals surface area contributed by atoms with E-state index in [0.717, 1.165) is 33.1 Å². The van der Waals surface area contributed by atoms with E-state index < -0.39 is 0 Å². The maximum Gasteiger partial charge on any atom is 0.312 e. The molecule has 1 atom stereocenters. The Hall–Kier alpha value is -3.54. The number of H-pyrrole nitrogens is 1. The van der Waals surface area contributed by atoms with Crippen molar-refractivity contribution in [1.82, 2.24) is 9.55 Å². The lowest BCUT2D eigenvalue weighted by Gasteiger charge is -2.26. The zero-order chi connectivity index (χ0) is 19.4. The van der Waals surface area contributed by atoms with Gasteiger partial charge in [-0.1, -0.05) is 12.1 Å². The van der Waals surface area contributed by atoms with Gasteiger partial charge in [-0.15, -0.1) is 0 Å². The molecule has 2 aromatic heterocycles. The summed E-state index contributed by atoms with van der Waals surface area (Å²) in [6, 6.07) is 13.2. The molecule has 1 aliphatic rings. The van der Waals surface area contributed by atoms with Crippen molar-refractivity contribution >= 4 is 27.8 Å². The number of fused-ring (bicyclic) bond motifs is 4. The first-order chi connectivity index (χ1) is 13.6. The van der Waals surface area contributed by atoms with Gasteiger partial charge in [0, 0.05) is 35.5 Å². The van der Waals surface area contributed by atoms with Crippen LogP contribution < -0.4 is 15.0 Å². The van der Waals surface area contributed by atoms with E-state index in [1.54, 1.807) is 18.7 Å². The average Bonchev–Trinajstić information content (AvgIpc) is 3.14. The van der Waals surface area contributed by atoms with Gasteiger partial charge in [0.15, 0.2) is 0 Å². The molecule has 0 radical (unpaired) electrons. The van der Waals surface area contributed by atoms with Crippen molar-refractivity contribution in [2.45, 2.75) is 12.3 Å². The quantitative estimate of drug-likeness (QED) is 0.545. The Morgan fingerprint density at radius 1 is 1.14 bits per heavy atom. The number of hydrogen-bond donors (Lipinski definition) is 1. The first kappa shape index (κ1) is 16.6. The summed E-state index contributed by atoms with van der Waals surface area (Å²) in [5.74, 6) is 0.365. The molecule has 28 heavy (non-hydrogen) atoms. The van der Waals surface area contributed by atoms with Gasteiger partial charge in [0.25, 0.3) is 5.56 Å². The molecule has 0 fully saturated rings. The fourth-order valence-corrected chi connectivity index (χ4v) is 4.13. The van der Waals surface area contributed by atoms with Crippen LogP contribution >= 0.6 is 0 Å². The number of aromatic nitrogens is 2. The van der Waals surface area contributed by atoms with E-state index in [2.05, 4.69) is 4.98 Å². The van der Waals surface area contributed by atoms with Crippen LogP contribution in [0.2, 0.25) is 0 Å². The normalized spacial score (nSPS) is 16.2. The topological polar surface area (TPSA) is 73.3 Å². The number of benzene rings is 2. The van der Waals surface area contributed by atoms with Gasteiger partial charge < -0.3 is 19.0 Å². The summed E-state index contributed by atoms with van der Waals surface area (Å²) in [6.45, 7) is 0. The van der Waals surface area contributed by atoms with Gasteiger partial charge in [0.2, 0.25) is 0 Å². The van der Waals surface area contributed by atoms with Crippen molar-refractivity contribution in [2.24, 2.45) is 7.05 Å². The Morgan fingerprint density at radius 2 is 1.96 bits per heavy atom. The van der Waals surface area contributed by atoms with Gasteiger partial charge >= 0.3 is 5.97 Å². The average molecular weight is 374 g/mol. The number of pyridine rings is 1. The lowest BCUT2D eigenvalue weighted by Crippen LogP contribution is -2.31. The number of carbonyl (C=O) groups is 1. The maximum atomic E-state index is 13.2. The Morgan fingerprint density at radius 3 is 2.79 bits per heavy atom. The number of aryl methyl sites for hydroxylation is 1. The van der Waals surface area contributed by atoms with Gasteiger partial charge in [0.1, 0.15) is 11.5 Å². The lowest BCUT2D eigenvalue weighted by atomic mass is 9.86. The summed E-state index contributed by atoms with van der Waals surface area (Å²) < 4.78 is 12.6. The predicted octanol–water partition coefficient (Wildman–Crippen LogP) is 3.47. The molecule has 4 aromatic rings. The third kappa shape index (κ3) is 2.27. The molecule has 1 unspecified atom stereocenters. The molecule has 140 valence electrons. The van der Waals surface area contributed by atoms with Crippen molar-refractivity contribution in [1.29, 1.82) is 0 Å². The zero-order valence-electron chi connectivity index (χ0n) is 15.5. The number of ether oxygens (including phenoxy) is 2. The van der Waals surface area contributed by atoms with Crippen molar-refractivity contribution < 1.29 is 14.3 Å². The summed E-state index contributed by atoms with van der Waals surface area (Å²) in [5, 5.41) is 1.69. The van der Waals surface area contributed by atoms with Crippen LogP contribution in [0.3, 0.4) is 0 Å². The SMILES string of the molecule is COc1ccc2[nH]cc(C3CC(=O)Oc4c3c(=O)n(C)c3ccccc43)c2c1. The van der Waals surface area contributed by atoms with Crippen molar-refractivity contribution in [3.63, 3.8) is 0 Å². The summed E-state index contributed by atoms with van der Waals surface area (Å²) in [7, 11) is 3.36. The Kier molecular flexibility index (Phi) is 3.55. The molecule has 6 heteroatoms. The predicted molar refractivity (Wildman–Crippen MR) is 106 cm³/mol. The molecule has 1 N–H and O–H groups in total. The molecule has 2 aromatic carbocycles. The molecule has 0 spiro atoms. The minimum Gasteiger partial charge on any atom is -0.497 e. The van der Waals surface area contributed by atoms with E-state index >= 15 is 0 Å². The van der Waals surface area contributed by atoms with Gasteiger partial charge in [-0.2, -0.15) is 0 Å². The molecule has 3 heterocycles. The Labute approximate surface area is 160 Å². The molecule has 0 aliphatic carbocycles. The monoisotopic (exact) mass is 374 g/mol. The second-order valence-electron chi connectivity index (χ2n) is 7.01. The second kappa shape index (κ2) is 5.99. The van der Waals surface area contributed by atoms with Crippen LogP contribution in [0, 0.1) is 0 Å². The van der Waals surface area contributed by atoms with Crippen molar-refractivity contribution in [3.05, 3.63) is 70.1 Å². The standard InChI is InChI=1S/C22H18N2O4/c1-24-18-6-4-3-5-13(18)21-20(22(24)26)15(10-19(25)28-21)16-11-23-17-8-7-12(27-2)9-14(16)17/h3-9,11,15,23H,10H2,1-2H3. The van der Waals surface area contributed by atoms with Gasteiger partial charge in [-0.3, -0.25) is 9.59 Å². The highest BCUT2D eigenvalue weighted by molar-refractivity contribution is 5.93. The molecule has 0 amide bonds. The number of methoxy groups -OCH3 is 1. The number of rotatable bonds is 2. The first-order valence-corrected chi connectivity index (χ1v) is 9.06. The second-order valence-corrected chi connectivity index (χ2v) is 7.01. The van der Waals surface area contributed by atoms with Crippen LogP contribution in [0.15, 0.2) is 53.5 Å². The molecule has 0 saturated carbocycles. The third-order valence-corrected chi connectivity index (χ3v) is 5.52. The van der Waals surface area contributed by atoms with E-state index in [1.807, 2.05) is 48.7 Å². The van der Waals surface area contributed by atoms with Gasteiger partial charge in [0.05, 0.1) is 24.6 Å². The van der Waals surface area contributed by atoms with E-state index in [9.17, 15) is 9.59 Å². The molecule has 5 rings (SSSR count). The number of hydrogen-bond acceptors (Lipinski definition) is 4. The number of carbonyl (C=O) groups excluding carboxylic acids is 1. The minimum absolute atomic E-state index is 0.116. The Bertz CT molecular complexity index is 1320. The van der Waals surface area contributed by atoms with Crippen LogP contribution in [0.1, 0.15) is 23.5 Å². The number of nitrogens with one attached hydrogen (secondary N) is 1. The van der Waals surface area contributed by atoms with Gasteiger partial charge in [-0.05, 0) is 35.9 Å². The molecule has 6 nitrogen and oxygen atoms in total. The third-order valence-electron chi connectivity index (χ3n) is 5.52. The van der Waals surface area contributed by atoms with Crippen LogP contribution in [-0.2, 0) is 11.8 Å². The lowest BCUT2D eigenvalue weighted by molar-refractivity contribution is -0.135. The summed E-state index contributed by atoms with van der Waals surface area (Å²) >= 11 is 0. The molecular formula is C22H18N2O4. The molecular weight excluding hydrogens is 356 g/mol. The van der Waals surface area contributed by atoms with Crippen LogP contribution in [0.4, 0.5) is 0 Å². The van der Waals surface area contributed by atoms with E-state index in [4.69, 9.17) is 9.47 Å². The summed E-state index contributed by atoms with van der Waals surface area (Å²) in [5.41, 5.74) is 2.92. The highest BCUT2D eigenvalue weighted by atomic mass is 16.5. The summed E-state index contributed by atoms with van der Waals surface area (Å²) in [4.78, 5) is 28.9. The largest absolute Gasteiger partial charge is 0.497 e. The molecule has 0 bridgehead atoms. The fourth-order valence-electron chi connectivity index (χ4n) is 4.13. The minimum atomic E-state index is -0.389. The van der Waals surface area contributed by atoms with E-state index in [-0.39, 0.29) is 23.9 Å². The summed E-state index contributed by atoms with van der Waals surface area (Å²) in [6.07, 6.45) is 1.98. The number of nitrogens with zero attached hydrogens (tertiary/aromatic N) is 1. The van der Waals surface area contributed by atoms with Crippen molar-refractivity contribution in [3.8, 4) is 11.5 Å². The van der Waals surface area contributed by atoms with Crippen molar-refractivity contribution in [2.75, 3.05) is 7.11 Å². The fraction of sp³-hybridized carbons (Fsp3) is 0.182. The number of aromatic amines is 1. The molecule has 0 saturated heterocycles. The van der Waals surface area contributed by atoms with Crippen LogP contribution in [0.5, 0.6) is 11.5 Å². The number of para-hydroxylation sites is 1.